The van der Waals surface area contributed by atoms with E-state index in [0.717, 1.165) is 45.0 Å². The van der Waals surface area contributed by atoms with Gasteiger partial charge < -0.3 is 0 Å². The maximum atomic E-state index is 11.7. The van der Waals surface area contributed by atoms with Gasteiger partial charge in [-0.15, -0.1) is 0 Å². The standard InChI is InChI=1S/C50H40N2O2.2CH3.Zr/c1-31-25-33(3)49(39(27-31)35-13-7-5-8-14-35)37-21-23-47(53)41(29-37)43-17-11-19-45(51-43)46-20-12-18-44(52-46)42-30-38(22-24-48(42)54)50-34(4)26-32(2)28-40(50)36-15-9-6-10-16-36;;;/h5-30,53-54H,1-4H3;2*1H3;/q;;;+2. The molecular weight excluding hydrogens is 776 g/mol. The quantitative estimate of drug-likeness (QED) is 0.176. The molecule has 6 aromatic carbocycles. The number of phenolic OH excluding ortho intramolecular Hbond substituents is 2. The number of benzene rings is 6. The first kappa shape index (κ1) is 36.7. The van der Waals surface area contributed by atoms with Crippen LogP contribution in [-0.4, -0.2) is 10.2 Å². The Morgan fingerprint density at radius 3 is 1.16 bits per heavy atom. The molecule has 57 heavy (non-hydrogen) atoms. The average Bonchev–Trinajstić information content (AvgIpc) is 3.45. The Kier molecular flexibility index (Phi) is 9.18. The van der Waals surface area contributed by atoms with Crippen molar-refractivity contribution in [1.29, 1.82) is 0 Å². The number of hydrogen-bond acceptors (Lipinski definition) is 2. The SMILES string of the molecule is Cc1cc(C)c(-c2ccc(O)c(-c3cccc4[n+]3[Zr]([CH3])([CH3])[n+]3c(-c5cc(-c6c(C)cc(C)cc6-c6ccccc6)ccc5O)cccc3-4)c2)c(-c2ccccc2)c1. The molecule has 0 saturated heterocycles. The molecule has 0 bridgehead atoms. The van der Waals surface area contributed by atoms with Gasteiger partial charge in [0, 0.05) is 0 Å². The minimum atomic E-state index is -3.65. The molecule has 0 radical (unpaired) electrons. The summed E-state index contributed by atoms with van der Waals surface area (Å²) in [5.41, 5.74) is 19.8. The number of rotatable bonds is 6. The van der Waals surface area contributed by atoms with E-state index in [0.29, 0.717) is 0 Å². The number of aryl methyl sites for hydroxylation is 4. The van der Waals surface area contributed by atoms with Gasteiger partial charge in [-0.05, 0) is 0 Å². The van der Waals surface area contributed by atoms with E-state index in [-0.39, 0.29) is 11.5 Å². The van der Waals surface area contributed by atoms with E-state index in [4.69, 9.17) is 0 Å². The van der Waals surface area contributed by atoms with Gasteiger partial charge in [0.05, 0.1) is 0 Å². The zero-order chi connectivity index (χ0) is 39.6. The molecule has 2 N–H and O–H groups in total. The van der Waals surface area contributed by atoms with Crippen LogP contribution in [0.1, 0.15) is 22.3 Å². The van der Waals surface area contributed by atoms with Gasteiger partial charge in [0.25, 0.3) is 0 Å². The molecule has 0 saturated carbocycles. The summed E-state index contributed by atoms with van der Waals surface area (Å²) in [4.78, 5) is 0. The molecule has 2 aromatic heterocycles. The van der Waals surface area contributed by atoms with Gasteiger partial charge in [-0.25, -0.2) is 0 Å². The van der Waals surface area contributed by atoms with Crippen LogP contribution in [0.5, 0.6) is 11.5 Å². The molecule has 4 nitrogen and oxygen atoms in total. The summed E-state index contributed by atoms with van der Waals surface area (Å²) in [6.07, 6.45) is 0. The first-order chi connectivity index (χ1) is 27.5. The minimum absolute atomic E-state index is 0.252. The Morgan fingerprint density at radius 2 is 0.754 bits per heavy atom. The number of nitrogens with zero attached hydrogens (tertiary/aromatic N) is 2. The van der Waals surface area contributed by atoms with Crippen LogP contribution in [0.3, 0.4) is 0 Å². The first-order valence-corrected chi connectivity index (χ1v) is 26.7. The van der Waals surface area contributed by atoms with E-state index in [1.54, 1.807) is 0 Å². The molecule has 0 atom stereocenters. The third kappa shape index (κ3) is 6.26. The summed E-state index contributed by atoms with van der Waals surface area (Å²) < 4.78 is 9.90. The van der Waals surface area contributed by atoms with E-state index in [2.05, 4.69) is 175 Å². The summed E-state index contributed by atoms with van der Waals surface area (Å²) in [6.45, 7) is 8.65. The molecule has 9 rings (SSSR count). The fraction of sp³-hybridized carbons (Fsp3) is 0.115. The zero-order valence-corrected chi connectivity index (χ0v) is 35.8. The molecule has 0 unspecified atom stereocenters. The van der Waals surface area contributed by atoms with Crippen molar-refractivity contribution < 1.29 is 36.1 Å². The van der Waals surface area contributed by atoms with E-state index in [1.165, 1.54) is 55.6 Å². The van der Waals surface area contributed by atoms with Crippen LogP contribution in [0.2, 0.25) is 9.26 Å². The topological polar surface area (TPSA) is 48.2 Å². The number of pyridine rings is 2. The third-order valence-corrected chi connectivity index (χ3v) is 19.3. The van der Waals surface area contributed by atoms with Gasteiger partial charge in [0.1, 0.15) is 0 Å². The van der Waals surface area contributed by atoms with Gasteiger partial charge in [0.15, 0.2) is 0 Å². The van der Waals surface area contributed by atoms with Crippen LogP contribution in [0.4, 0.5) is 0 Å². The van der Waals surface area contributed by atoms with Gasteiger partial charge in [-0.2, -0.15) is 0 Å². The van der Waals surface area contributed by atoms with Crippen molar-refractivity contribution >= 4 is 0 Å². The Morgan fingerprint density at radius 1 is 0.368 bits per heavy atom. The van der Waals surface area contributed by atoms with Crippen LogP contribution in [0.25, 0.3) is 78.4 Å². The van der Waals surface area contributed by atoms with Crippen molar-refractivity contribution in [3.05, 3.63) is 180 Å². The number of phenols is 2. The van der Waals surface area contributed by atoms with Crippen molar-refractivity contribution in [2.24, 2.45) is 0 Å². The second-order valence-corrected chi connectivity index (χ2v) is 25.5. The summed E-state index contributed by atoms with van der Waals surface area (Å²) in [7, 11) is 0. The fourth-order valence-electron chi connectivity index (χ4n) is 9.30. The van der Waals surface area contributed by atoms with Gasteiger partial charge in [0.2, 0.25) is 0 Å². The molecule has 5 heteroatoms. The second kappa shape index (κ2) is 14.2. The Bertz CT molecular complexity index is 2690. The monoisotopic (exact) mass is 820 g/mol. The normalized spacial score (nSPS) is 12.7. The molecular formula is C52H46N2O2Zr+2. The molecule has 1 aliphatic heterocycles. The van der Waals surface area contributed by atoms with Crippen molar-refractivity contribution in [1.82, 2.24) is 0 Å². The molecule has 0 spiro atoms. The second-order valence-electron chi connectivity index (χ2n) is 16.0. The summed E-state index contributed by atoms with van der Waals surface area (Å²) in [5, 5.41) is 23.4. The summed E-state index contributed by atoms with van der Waals surface area (Å²) in [6, 6.07) is 55.1. The third-order valence-electron chi connectivity index (χ3n) is 11.6. The number of hydrogen-bond donors (Lipinski definition) is 2. The van der Waals surface area contributed by atoms with Crippen molar-refractivity contribution in [3.8, 4) is 89.9 Å². The molecule has 1 aliphatic rings. The van der Waals surface area contributed by atoms with E-state index in [9.17, 15) is 10.2 Å². The summed E-state index contributed by atoms with van der Waals surface area (Å²) >= 11 is -3.65. The van der Waals surface area contributed by atoms with Crippen LogP contribution in [-0.2, 0) is 20.8 Å². The van der Waals surface area contributed by atoms with Gasteiger partial charge >= 0.3 is 343 Å². The molecule has 278 valence electrons. The fourth-order valence-corrected chi connectivity index (χ4v) is 17.5. The van der Waals surface area contributed by atoms with Crippen molar-refractivity contribution in [3.63, 3.8) is 0 Å². The van der Waals surface area contributed by atoms with Crippen LogP contribution in [0.15, 0.2) is 158 Å². The number of fused-ring (bicyclic) bond motifs is 3. The molecule has 3 heterocycles. The first-order valence-electron chi connectivity index (χ1n) is 19.6. The van der Waals surface area contributed by atoms with E-state index >= 15 is 0 Å². The predicted molar refractivity (Wildman–Crippen MR) is 230 cm³/mol. The van der Waals surface area contributed by atoms with Crippen molar-refractivity contribution in [2.45, 2.75) is 37.0 Å². The average molecular weight is 822 g/mol. The van der Waals surface area contributed by atoms with Gasteiger partial charge in [-0.3, -0.25) is 0 Å². The molecule has 0 fully saturated rings. The molecule has 0 aliphatic carbocycles. The van der Waals surface area contributed by atoms with Gasteiger partial charge in [-0.1, -0.05) is 0 Å². The predicted octanol–water partition coefficient (Wildman–Crippen LogP) is 12.4. The Labute approximate surface area is 340 Å². The molecule has 8 aromatic rings. The van der Waals surface area contributed by atoms with E-state index < -0.39 is 20.8 Å². The summed E-state index contributed by atoms with van der Waals surface area (Å²) in [5.74, 6) is 0.504. The van der Waals surface area contributed by atoms with E-state index in [1.807, 2.05) is 24.3 Å². The maximum absolute atomic E-state index is 11.7. The van der Waals surface area contributed by atoms with Crippen LogP contribution >= 0.6 is 0 Å². The zero-order valence-electron chi connectivity index (χ0n) is 33.3. The Balaban J connectivity index is 1.20. The molecule has 0 amide bonds. The Hall–Kier alpha value is -5.90. The van der Waals surface area contributed by atoms with Crippen LogP contribution < -0.4 is 5.02 Å². The number of aromatic nitrogens is 2. The van der Waals surface area contributed by atoms with Crippen molar-refractivity contribution in [2.75, 3.05) is 0 Å². The van der Waals surface area contributed by atoms with Crippen LogP contribution in [0, 0.1) is 27.7 Å². The number of aromatic hydroxyl groups is 2.